The average Bonchev–Trinajstić information content (AvgIpc) is 2.71. The molecule has 2 heterocycles. The van der Waals surface area contributed by atoms with E-state index in [9.17, 15) is 8.42 Å². The summed E-state index contributed by atoms with van der Waals surface area (Å²) >= 11 is 8.89. The van der Waals surface area contributed by atoms with Crippen LogP contribution in [0.15, 0.2) is 28.0 Å². The van der Waals surface area contributed by atoms with Crippen molar-refractivity contribution < 1.29 is 8.42 Å². The molecule has 0 aliphatic carbocycles. The van der Waals surface area contributed by atoms with Crippen LogP contribution >= 0.6 is 27.5 Å². The normalized spacial score (nSPS) is 11.5. The first kappa shape index (κ1) is 13.3. The van der Waals surface area contributed by atoms with Gasteiger partial charge in [-0.25, -0.2) is 9.97 Å². The molecule has 0 saturated heterocycles. The summed E-state index contributed by atoms with van der Waals surface area (Å²) in [5.41, 5.74) is 0.304. The molecule has 0 bridgehead atoms. The molecular weight excluding hydrogens is 344 g/mol. The molecule has 0 fully saturated rings. The molecule has 96 valence electrons. The van der Waals surface area contributed by atoms with Crippen LogP contribution in [0.3, 0.4) is 0 Å². The summed E-state index contributed by atoms with van der Waals surface area (Å²) in [5.74, 6) is 0.519. The van der Waals surface area contributed by atoms with Crippen molar-refractivity contribution in [2.75, 3.05) is 4.72 Å². The Morgan fingerprint density at radius 3 is 2.67 bits per heavy atom. The van der Waals surface area contributed by atoms with Gasteiger partial charge in [0.25, 0.3) is 10.0 Å². The van der Waals surface area contributed by atoms with Crippen LogP contribution in [0, 0.1) is 6.92 Å². The molecule has 0 aromatic carbocycles. The molecule has 2 N–H and O–H groups in total. The predicted molar refractivity (Wildman–Crippen MR) is 71.1 cm³/mol. The van der Waals surface area contributed by atoms with Gasteiger partial charge in [-0.05, 0) is 28.9 Å². The second-order valence-corrected chi connectivity index (χ2v) is 6.30. The van der Waals surface area contributed by atoms with Crippen molar-refractivity contribution >= 4 is 43.2 Å². The lowest BCUT2D eigenvalue weighted by atomic mass is 10.4. The number of nitrogens with one attached hydrogen (secondary N) is 2. The molecule has 0 saturated carbocycles. The number of aromatic amines is 1. The van der Waals surface area contributed by atoms with Gasteiger partial charge < -0.3 is 4.98 Å². The Bertz CT molecular complexity index is 686. The zero-order chi connectivity index (χ0) is 13.3. The van der Waals surface area contributed by atoms with Crippen molar-refractivity contribution in [2.24, 2.45) is 0 Å². The zero-order valence-corrected chi connectivity index (χ0v) is 12.3. The van der Waals surface area contributed by atoms with Gasteiger partial charge in [0.1, 0.15) is 11.0 Å². The van der Waals surface area contributed by atoms with Gasteiger partial charge in [0, 0.05) is 0 Å². The molecule has 0 amide bonds. The first-order valence-corrected chi connectivity index (χ1v) is 7.39. The summed E-state index contributed by atoms with van der Waals surface area (Å²) in [5, 5.41) is 0.251. The Morgan fingerprint density at radius 2 is 2.11 bits per heavy atom. The molecule has 0 aliphatic heterocycles. The lowest BCUT2D eigenvalue weighted by molar-refractivity contribution is 0.598. The molecule has 0 unspecified atom stereocenters. The minimum absolute atomic E-state index is 0.00827. The van der Waals surface area contributed by atoms with E-state index in [-0.39, 0.29) is 10.2 Å². The maximum atomic E-state index is 12.0. The summed E-state index contributed by atoms with van der Waals surface area (Å²) in [6.07, 6.45) is 2.57. The third-order valence-electron chi connectivity index (χ3n) is 2.02. The number of halogens is 2. The number of nitrogens with zero attached hydrogens (tertiary/aromatic N) is 2. The minimum Gasteiger partial charge on any atom is -0.332 e. The topological polar surface area (TPSA) is 87.7 Å². The van der Waals surface area contributed by atoms with Gasteiger partial charge in [-0.2, -0.15) is 8.42 Å². The summed E-state index contributed by atoms with van der Waals surface area (Å²) in [6.45, 7) is 1.67. The van der Waals surface area contributed by atoms with Gasteiger partial charge >= 0.3 is 0 Å². The van der Waals surface area contributed by atoms with Crippen LogP contribution < -0.4 is 4.72 Å². The molecular formula is C9H8BrClN4O2S. The van der Waals surface area contributed by atoms with Gasteiger partial charge in [-0.15, -0.1) is 0 Å². The monoisotopic (exact) mass is 350 g/mol. The van der Waals surface area contributed by atoms with E-state index >= 15 is 0 Å². The molecule has 6 nitrogen and oxygen atoms in total. The standard InChI is InChI=1S/C9H8BrClN4O2S/c1-5-12-4-8(14-5)18(16,17)15-6-2-7(10)9(11)13-3-6/h2-4,15H,1H3,(H,12,14). The van der Waals surface area contributed by atoms with E-state index in [1.807, 2.05) is 0 Å². The summed E-state index contributed by atoms with van der Waals surface area (Å²) < 4.78 is 26.8. The number of hydrogen-bond acceptors (Lipinski definition) is 4. The van der Waals surface area contributed by atoms with Crippen molar-refractivity contribution in [1.82, 2.24) is 15.0 Å². The highest BCUT2D eigenvalue weighted by Crippen LogP contribution is 2.24. The van der Waals surface area contributed by atoms with E-state index in [0.717, 1.165) is 0 Å². The van der Waals surface area contributed by atoms with E-state index < -0.39 is 10.0 Å². The highest BCUT2D eigenvalue weighted by atomic mass is 79.9. The van der Waals surface area contributed by atoms with E-state index in [4.69, 9.17) is 11.6 Å². The Kier molecular flexibility index (Phi) is 3.60. The predicted octanol–water partition coefficient (Wildman–Crippen LogP) is 2.33. The molecule has 0 aliphatic rings. The van der Waals surface area contributed by atoms with Gasteiger partial charge in [0.2, 0.25) is 0 Å². The Morgan fingerprint density at radius 1 is 1.39 bits per heavy atom. The van der Waals surface area contributed by atoms with Gasteiger partial charge in [-0.1, -0.05) is 11.6 Å². The number of sulfonamides is 1. The number of rotatable bonds is 3. The molecule has 2 aromatic rings. The fraction of sp³-hybridized carbons (Fsp3) is 0.111. The van der Waals surface area contributed by atoms with Crippen LogP contribution in [0.25, 0.3) is 0 Å². The third-order valence-corrected chi connectivity index (χ3v) is 4.44. The summed E-state index contributed by atoms with van der Waals surface area (Å²) in [4.78, 5) is 10.3. The Hall–Kier alpha value is -1.12. The fourth-order valence-corrected chi connectivity index (χ4v) is 2.68. The molecule has 18 heavy (non-hydrogen) atoms. The second-order valence-electron chi connectivity index (χ2n) is 3.43. The number of anilines is 1. The summed E-state index contributed by atoms with van der Waals surface area (Å²) in [7, 11) is -3.69. The summed E-state index contributed by atoms with van der Waals surface area (Å²) in [6, 6.07) is 1.52. The van der Waals surface area contributed by atoms with Gasteiger partial charge in [-0.3, -0.25) is 4.72 Å². The van der Waals surface area contributed by atoms with Crippen molar-refractivity contribution in [3.63, 3.8) is 0 Å². The average molecular weight is 352 g/mol. The van der Waals surface area contributed by atoms with Crippen LogP contribution in [0.4, 0.5) is 5.69 Å². The molecule has 0 atom stereocenters. The number of hydrogen-bond donors (Lipinski definition) is 2. The highest BCUT2D eigenvalue weighted by molar-refractivity contribution is 9.10. The van der Waals surface area contributed by atoms with Gasteiger partial charge in [0.15, 0.2) is 5.03 Å². The molecule has 0 radical (unpaired) electrons. The van der Waals surface area contributed by atoms with Crippen LogP contribution in [0.2, 0.25) is 5.15 Å². The third kappa shape index (κ3) is 2.82. The van der Waals surface area contributed by atoms with E-state index in [1.165, 1.54) is 18.5 Å². The van der Waals surface area contributed by atoms with Crippen LogP contribution in [-0.2, 0) is 10.0 Å². The quantitative estimate of drug-likeness (QED) is 0.831. The zero-order valence-electron chi connectivity index (χ0n) is 9.11. The van der Waals surface area contributed by atoms with Gasteiger partial charge in [0.05, 0.1) is 22.6 Å². The van der Waals surface area contributed by atoms with Crippen molar-refractivity contribution in [3.05, 3.63) is 33.9 Å². The first-order valence-electron chi connectivity index (χ1n) is 4.74. The molecule has 0 spiro atoms. The minimum atomic E-state index is -3.69. The Balaban J connectivity index is 2.30. The SMILES string of the molecule is Cc1ncc(S(=O)(=O)Nc2cnc(Cl)c(Br)c2)[nH]1. The molecule has 2 aromatic heterocycles. The maximum Gasteiger partial charge on any atom is 0.279 e. The number of H-pyrrole nitrogens is 1. The van der Waals surface area contributed by atoms with Crippen molar-refractivity contribution in [2.45, 2.75) is 11.9 Å². The number of imidazole rings is 1. The van der Waals surface area contributed by atoms with E-state index in [1.54, 1.807) is 6.92 Å². The Labute approximate surface area is 117 Å². The van der Waals surface area contributed by atoms with E-state index in [2.05, 4.69) is 35.6 Å². The van der Waals surface area contributed by atoms with Crippen LogP contribution in [0.1, 0.15) is 5.82 Å². The number of aryl methyl sites for hydroxylation is 1. The number of aromatic nitrogens is 3. The molecule has 2 rings (SSSR count). The fourth-order valence-electron chi connectivity index (χ4n) is 1.22. The van der Waals surface area contributed by atoms with Crippen LogP contribution in [-0.4, -0.2) is 23.4 Å². The van der Waals surface area contributed by atoms with Crippen molar-refractivity contribution in [1.29, 1.82) is 0 Å². The number of pyridine rings is 1. The maximum absolute atomic E-state index is 12.0. The first-order chi connectivity index (χ1) is 8.38. The second kappa shape index (κ2) is 4.87. The van der Waals surface area contributed by atoms with Crippen molar-refractivity contribution in [3.8, 4) is 0 Å². The largest absolute Gasteiger partial charge is 0.332 e. The molecule has 9 heteroatoms. The lowest BCUT2D eigenvalue weighted by Crippen LogP contribution is -2.13. The smallest absolute Gasteiger partial charge is 0.279 e. The van der Waals surface area contributed by atoms with Crippen LogP contribution in [0.5, 0.6) is 0 Å². The highest BCUT2D eigenvalue weighted by Gasteiger charge is 2.17. The lowest BCUT2D eigenvalue weighted by Gasteiger charge is -2.06. The van der Waals surface area contributed by atoms with E-state index in [0.29, 0.717) is 16.0 Å².